The van der Waals surface area contributed by atoms with E-state index in [0.29, 0.717) is 19.4 Å². The average molecular weight is 302 g/mol. The summed E-state index contributed by atoms with van der Waals surface area (Å²) in [6.07, 6.45) is 1.86. The molecule has 0 aliphatic rings. The molecule has 0 aliphatic carbocycles. The lowest BCUT2D eigenvalue weighted by Gasteiger charge is -2.24. The van der Waals surface area contributed by atoms with Gasteiger partial charge in [0.1, 0.15) is 0 Å². The highest BCUT2D eigenvalue weighted by Crippen LogP contribution is 2.28. The lowest BCUT2D eigenvalue weighted by atomic mass is 9.84. The monoisotopic (exact) mass is 302 g/mol. The van der Waals surface area contributed by atoms with Gasteiger partial charge in [0.15, 0.2) is 0 Å². The van der Waals surface area contributed by atoms with E-state index < -0.39 is 17.4 Å². The molecule has 0 saturated carbocycles. The van der Waals surface area contributed by atoms with Gasteiger partial charge in [-0.25, -0.2) is 0 Å². The molecule has 0 amide bonds. The van der Waals surface area contributed by atoms with Crippen LogP contribution in [0.5, 0.6) is 0 Å². The molecule has 6 nitrogen and oxygen atoms in total. The topological polar surface area (TPSA) is 78.9 Å². The van der Waals surface area contributed by atoms with E-state index in [4.69, 9.17) is 9.47 Å². The number of hydrogen-bond acceptors (Lipinski definition) is 6. The molecule has 1 unspecified atom stereocenters. The molecular formula is C15H26O6. The number of carbonyl (C=O) groups excluding carboxylic acids is 3. The van der Waals surface area contributed by atoms with Crippen molar-refractivity contribution < 1.29 is 28.6 Å². The van der Waals surface area contributed by atoms with Crippen molar-refractivity contribution >= 4 is 17.9 Å². The summed E-state index contributed by atoms with van der Waals surface area (Å²) >= 11 is 0. The highest BCUT2D eigenvalue weighted by Gasteiger charge is 2.35. The first-order valence-corrected chi connectivity index (χ1v) is 7.29. The van der Waals surface area contributed by atoms with Gasteiger partial charge in [0.05, 0.1) is 32.2 Å². The maximum Gasteiger partial charge on any atom is 0.312 e. The number of methoxy groups -OCH3 is 1. The standard InChI is InChI=1S/C15H26O6/c1-5-9-20-12(16)8-7-10-21-14(18)15(3,6-2)11-13(17)19-4/h5-11H2,1-4H3. The van der Waals surface area contributed by atoms with Gasteiger partial charge in [-0.3, -0.25) is 14.4 Å². The molecule has 0 radical (unpaired) electrons. The van der Waals surface area contributed by atoms with E-state index in [1.165, 1.54) is 7.11 Å². The van der Waals surface area contributed by atoms with Gasteiger partial charge in [0.25, 0.3) is 0 Å². The maximum absolute atomic E-state index is 12.0. The van der Waals surface area contributed by atoms with Crippen LogP contribution in [0, 0.1) is 5.41 Å². The number of ether oxygens (including phenoxy) is 3. The first-order valence-electron chi connectivity index (χ1n) is 7.29. The van der Waals surface area contributed by atoms with Crippen molar-refractivity contribution in [1.29, 1.82) is 0 Å². The van der Waals surface area contributed by atoms with Gasteiger partial charge >= 0.3 is 17.9 Å². The lowest BCUT2D eigenvalue weighted by Crippen LogP contribution is -2.32. The number of carbonyl (C=O) groups is 3. The predicted molar refractivity (Wildman–Crippen MR) is 76.5 cm³/mol. The molecule has 21 heavy (non-hydrogen) atoms. The highest BCUT2D eigenvalue weighted by molar-refractivity contribution is 5.83. The largest absolute Gasteiger partial charge is 0.469 e. The molecule has 1 atom stereocenters. The summed E-state index contributed by atoms with van der Waals surface area (Å²) < 4.78 is 14.6. The van der Waals surface area contributed by atoms with Gasteiger partial charge < -0.3 is 14.2 Å². The molecule has 0 rings (SSSR count). The number of hydrogen-bond donors (Lipinski definition) is 0. The summed E-state index contributed by atoms with van der Waals surface area (Å²) in [5, 5.41) is 0. The van der Waals surface area contributed by atoms with Crippen LogP contribution in [0.3, 0.4) is 0 Å². The SMILES string of the molecule is CCCOC(=O)CCCOC(=O)C(C)(CC)CC(=O)OC. The first-order chi connectivity index (χ1) is 9.89. The lowest BCUT2D eigenvalue weighted by molar-refractivity contribution is -0.161. The maximum atomic E-state index is 12.0. The van der Waals surface area contributed by atoms with Gasteiger partial charge in [-0.1, -0.05) is 13.8 Å². The third-order valence-corrected chi connectivity index (χ3v) is 3.26. The minimum absolute atomic E-state index is 0.0165. The van der Waals surface area contributed by atoms with Gasteiger partial charge in [-0.15, -0.1) is 0 Å². The van der Waals surface area contributed by atoms with Crippen LogP contribution in [0.1, 0.15) is 52.9 Å². The fourth-order valence-electron chi connectivity index (χ4n) is 1.58. The smallest absolute Gasteiger partial charge is 0.312 e. The Morgan fingerprint density at radius 3 is 2.19 bits per heavy atom. The van der Waals surface area contributed by atoms with E-state index in [1.54, 1.807) is 6.92 Å². The third-order valence-electron chi connectivity index (χ3n) is 3.26. The zero-order valence-electron chi connectivity index (χ0n) is 13.4. The van der Waals surface area contributed by atoms with Gasteiger partial charge in [0.2, 0.25) is 0 Å². The minimum atomic E-state index is -0.893. The molecule has 0 aromatic rings. The highest BCUT2D eigenvalue weighted by atomic mass is 16.5. The van der Waals surface area contributed by atoms with Crippen LogP contribution in [0.25, 0.3) is 0 Å². The van der Waals surface area contributed by atoms with Crippen LogP contribution in [0.4, 0.5) is 0 Å². The van der Waals surface area contributed by atoms with Crippen LogP contribution in [0.2, 0.25) is 0 Å². The Balaban J connectivity index is 4.10. The second-order valence-corrected chi connectivity index (χ2v) is 5.13. The molecule has 0 aromatic carbocycles. The quantitative estimate of drug-likeness (QED) is 0.350. The van der Waals surface area contributed by atoms with E-state index in [9.17, 15) is 14.4 Å². The molecule has 6 heteroatoms. The summed E-state index contributed by atoms with van der Waals surface area (Å²) in [6.45, 7) is 5.94. The summed E-state index contributed by atoms with van der Waals surface area (Å²) in [7, 11) is 1.28. The molecule has 0 heterocycles. The molecule has 0 saturated heterocycles. The number of rotatable bonds is 10. The van der Waals surface area contributed by atoms with Crippen LogP contribution in [-0.4, -0.2) is 38.2 Å². The van der Waals surface area contributed by atoms with Crippen LogP contribution < -0.4 is 0 Å². The molecule has 0 aromatic heterocycles. The Morgan fingerprint density at radius 1 is 1.00 bits per heavy atom. The summed E-state index contributed by atoms with van der Waals surface area (Å²) in [4.78, 5) is 34.6. The number of esters is 3. The van der Waals surface area contributed by atoms with Crippen molar-refractivity contribution in [3.63, 3.8) is 0 Å². The zero-order valence-corrected chi connectivity index (χ0v) is 13.4. The summed E-state index contributed by atoms with van der Waals surface area (Å²) in [5.74, 6) is -1.18. The third kappa shape index (κ3) is 7.68. The van der Waals surface area contributed by atoms with Gasteiger partial charge in [-0.2, -0.15) is 0 Å². The molecule has 0 N–H and O–H groups in total. The molecule has 0 fully saturated rings. The van der Waals surface area contributed by atoms with Crippen molar-refractivity contribution in [3.05, 3.63) is 0 Å². The van der Waals surface area contributed by atoms with E-state index in [1.807, 2.05) is 13.8 Å². The van der Waals surface area contributed by atoms with E-state index in [-0.39, 0.29) is 25.4 Å². The Bertz CT molecular complexity index is 352. The van der Waals surface area contributed by atoms with Crippen LogP contribution >= 0.6 is 0 Å². The van der Waals surface area contributed by atoms with E-state index in [0.717, 1.165) is 6.42 Å². The van der Waals surface area contributed by atoms with E-state index in [2.05, 4.69) is 4.74 Å². The van der Waals surface area contributed by atoms with Gasteiger partial charge in [0, 0.05) is 6.42 Å². The molecule has 0 aliphatic heterocycles. The molecular weight excluding hydrogens is 276 g/mol. The Morgan fingerprint density at radius 2 is 1.67 bits per heavy atom. The molecule has 122 valence electrons. The van der Waals surface area contributed by atoms with E-state index >= 15 is 0 Å². The van der Waals surface area contributed by atoms with Crippen molar-refractivity contribution in [2.45, 2.75) is 52.9 Å². The average Bonchev–Trinajstić information content (AvgIpc) is 2.48. The Kier molecular flexibility index (Phi) is 9.41. The van der Waals surface area contributed by atoms with Crippen molar-refractivity contribution in [2.75, 3.05) is 20.3 Å². The van der Waals surface area contributed by atoms with Crippen molar-refractivity contribution in [1.82, 2.24) is 0 Å². The molecule has 0 spiro atoms. The Hall–Kier alpha value is -1.59. The minimum Gasteiger partial charge on any atom is -0.469 e. The molecule has 0 bridgehead atoms. The van der Waals surface area contributed by atoms with Crippen molar-refractivity contribution in [3.8, 4) is 0 Å². The second-order valence-electron chi connectivity index (χ2n) is 5.13. The second kappa shape index (κ2) is 10.2. The van der Waals surface area contributed by atoms with Crippen LogP contribution in [0.15, 0.2) is 0 Å². The summed E-state index contributed by atoms with van der Waals surface area (Å²) in [5.41, 5.74) is -0.893. The predicted octanol–water partition coefficient (Wildman–Crippen LogP) is 2.24. The Labute approximate surface area is 126 Å². The fraction of sp³-hybridized carbons (Fsp3) is 0.800. The fourth-order valence-corrected chi connectivity index (χ4v) is 1.58. The normalized spacial score (nSPS) is 13.1. The van der Waals surface area contributed by atoms with Crippen molar-refractivity contribution in [2.24, 2.45) is 5.41 Å². The zero-order chi connectivity index (χ0) is 16.3. The van der Waals surface area contributed by atoms with Gasteiger partial charge in [-0.05, 0) is 26.2 Å². The first kappa shape index (κ1) is 19.4. The van der Waals surface area contributed by atoms with Crippen LogP contribution in [-0.2, 0) is 28.6 Å². The summed E-state index contributed by atoms with van der Waals surface area (Å²) in [6, 6.07) is 0.